The first-order valence-corrected chi connectivity index (χ1v) is 8.15. The third-order valence-corrected chi connectivity index (χ3v) is 4.24. The topological polar surface area (TPSA) is 21.3 Å². The van der Waals surface area contributed by atoms with Crippen LogP contribution in [0.1, 0.15) is 30.5 Å². The third kappa shape index (κ3) is 4.00. The Bertz CT molecular complexity index is 603. The smallest absolute Gasteiger partial charge is 0.123 e. The summed E-state index contributed by atoms with van der Waals surface area (Å²) in [6, 6.07) is 14.0. The fraction of sp³-hybridized carbons (Fsp3) is 0.294. The molecular weight excluding hydrogens is 350 g/mol. The van der Waals surface area contributed by atoms with Crippen LogP contribution in [0, 0.1) is 0 Å². The van der Waals surface area contributed by atoms with Crippen LogP contribution < -0.4 is 10.1 Å². The molecule has 21 heavy (non-hydrogen) atoms. The van der Waals surface area contributed by atoms with Gasteiger partial charge in [0.15, 0.2) is 0 Å². The Morgan fingerprint density at radius 1 is 1.19 bits per heavy atom. The quantitative estimate of drug-likeness (QED) is 0.756. The lowest BCUT2D eigenvalue weighted by Gasteiger charge is -2.23. The zero-order valence-corrected chi connectivity index (χ0v) is 14.5. The monoisotopic (exact) mass is 367 g/mol. The maximum atomic E-state index is 6.06. The molecule has 0 bridgehead atoms. The molecule has 112 valence electrons. The predicted octanol–water partition coefficient (Wildman–Crippen LogP) is 5.20. The van der Waals surface area contributed by atoms with Crippen molar-refractivity contribution in [2.75, 3.05) is 13.7 Å². The van der Waals surface area contributed by atoms with Crippen molar-refractivity contribution in [1.82, 2.24) is 5.32 Å². The number of benzene rings is 2. The Morgan fingerprint density at radius 3 is 2.62 bits per heavy atom. The van der Waals surface area contributed by atoms with Crippen molar-refractivity contribution in [2.24, 2.45) is 0 Å². The van der Waals surface area contributed by atoms with Gasteiger partial charge in [-0.3, -0.25) is 0 Å². The molecule has 4 heteroatoms. The van der Waals surface area contributed by atoms with Crippen LogP contribution in [0.2, 0.25) is 5.02 Å². The van der Waals surface area contributed by atoms with Gasteiger partial charge < -0.3 is 10.1 Å². The number of ether oxygens (including phenoxy) is 1. The summed E-state index contributed by atoms with van der Waals surface area (Å²) in [6.45, 7) is 3.08. The van der Waals surface area contributed by atoms with Gasteiger partial charge in [0.1, 0.15) is 5.75 Å². The van der Waals surface area contributed by atoms with Crippen molar-refractivity contribution < 1.29 is 4.74 Å². The van der Waals surface area contributed by atoms with E-state index in [1.807, 2.05) is 36.4 Å². The Hall–Kier alpha value is -1.03. The van der Waals surface area contributed by atoms with Crippen LogP contribution in [-0.4, -0.2) is 13.7 Å². The molecular formula is C17H19BrClNO. The number of hydrogen-bond acceptors (Lipinski definition) is 2. The van der Waals surface area contributed by atoms with E-state index in [4.69, 9.17) is 16.3 Å². The number of hydrogen-bond donors (Lipinski definition) is 1. The summed E-state index contributed by atoms with van der Waals surface area (Å²) >= 11 is 9.67. The highest BCUT2D eigenvalue weighted by Crippen LogP contribution is 2.34. The molecule has 2 nitrogen and oxygen atoms in total. The van der Waals surface area contributed by atoms with Gasteiger partial charge in [-0.05, 0) is 36.7 Å². The molecule has 1 N–H and O–H groups in total. The van der Waals surface area contributed by atoms with E-state index in [1.54, 1.807) is 7.11 Å². The van der Waals surface area contributed by atoms with Gasteiger partial charge in [-0.25, -0.2) is 0 Å². The van der Waals surface area contributed by atoms with Gasteiger partial charge >= 0.3 is 0 Å². The van der Waals surface area contributed by atoms with E-state index >= 15 is 0 Å². The lowest BCUT2D eigenvalue weighted by molar-refractivity contribution is 0.403. The van der Waals surface area contributed by atoms with Crippen molar-refractivity contribution >= 4 is 27.5 Å². The van der Waals surface area contributed by atoms with Crippen LogP contribution in [0.5, 0.6) is 5.75 Å². The summed E-state index contributed by atoms with van der Waals surface area (Å²) in [6.07, 6.45) is 1.07. The van der Waals surface area contributed by atoms with Gasteiger partial charge in [0.2, 0.25) is 0 Å². The van der Waals surface area contributed by atoms with Crippen LogP contribution in [0.3, 0.4) is 0 Å². The van der Waals surface area contributed by atoms with Gasteiger partial charge in [-0.2, -0.15) is 0 Å². The zero-order chi connectivity index (χ0) is 15.2. The molecule has 0 aliphatic carbocycles. The molecule has 1 atom stereocenters. The van der Waals surface area contributed by atoms with E-state index in [2.05, 4.69) is 34.2 Å². The maximum absolute atomic E-state index is 6.06. The molecule has 0 heterocycles. The number of para-hydroxylation sites is 1. The van der Waals surface area contributed by atoms with Crippen molar-refractivity contribution in [3.63, 3.8) is 0 Å². The van der Waals surface area contributed by atoms with E-state index in [1.165, 1.54) is 0 Å². The summed E-state index contributed by atoms with van der Waals surface area (Å²) in [5.74, 6) is 0.882. The van der Waals surface area contributed by atoms with E-state index in [0.717, 1.165) is 39.3 Å². The second-order valence-electron chi connectivity index (χ2n) is 4.79. The molecule has 0 aliphatic rings. The highest BCUT2D eigenvalue weighted by Gasteiger charge is 2.19. The molecule has 0 fully saturated rings. The summed E-state index contributed by atoms with van der Waals surface area (Å²) in [4.78, 5) is 0. The minimum atomic E-state index is 0.0627. The van der Waals surface area contributed by atoms with Gasteiger partial charge in [-0.15, -0.1) is 0 Å². The average Bonchev–Trinajstić information content (AvgIpc) is 2.49. The number of rotatable bonds is 6. The first-order valence-electron chi connectivity index (χ1n) is 6.98. The van der Waals surface area contributed by atoms with Gasteiger partial charge in [0.05, 0.1) is 13.2 Å². The van der Waals surface area contributed by atoms with E-state index in [0.29, 0.717) is 0 Å². The lowest BCUT2D eigenvalue weighted by atomic mass is 9.97. The molecule has 2 aromatic rings. The first-order chi connectivity index (χ1) is 10.2. The molecule has 0 aromatic heterocycles. The number of halogens is 2. The van der Waals surface area contributed by atoms with Gasteiger partial charge in [0, 0.05) is 15.1 Å². The molecule has 1 unspecified atom stereocenters. The second-order valence-corrected chi connectivity index (χ2v) is 6.09. The Balaban J connectivity index is 2.47. The van der Waals surface area contributed by atoms with Crippen LogP contribution in [0.15, 0.2) is 46.9 Å². The average molecular weight is 369 g/mol. The van der Waals surface area contributed by atoms with Crippen LogP contribution >= 0.6 is 27.5 Å². The minimum Gasteiger partial charge on any atom is -0.496 e. The molecule has 0 amide bonds. The van der Waals surface area contributed by atoms with Crippen molar-refractivity contribution in [1.29, 1.82) is 0 Å². The van der Waals surface area contributed by atoms with E-state index in [9.17, 15) is 0 Å². The maximum Gasteiger partial charge on any atom is 0.123 e. The zero-order valence-electron chi connectivity index (χ0n) is 12.2. The Kier molecular flexibility index (Phi) is 6.09. The van der Waals surface area contributed by atoms with Crippen LogP contribution in [0.25, 0.3) is 0 Å². The van der Waals surface area contributed by atoms with Crippen molar-refractivity contribution in [2.45, 2.75) is 19.4 Å². The summed E-state index contributed by atoms with van der Waals surface area (Å²) < 4.78 is 6.50. The predicted molar refractivity (Wildman–Crippen MR) is 92.3 cm³/mol. The molecule has 2 rings (SSSR count). The number of methoxy groups -OCH3 is 1. The largest absolute Gasteiger partial charge is 0.496 e. The molecule has 0 spiro atoms. The summed E-state index contributed by atoms with van der Waals surface area (Å²) in [5, 5.41) is 4.31. The summed E-state index contributed by atoms with van der Waals surface area (Å²) in [7, 11) is 1.70. The van der Waals surface area contributed by atoms with Gasteiger partial charge in [0.25, 0.3) is 0 Å². The highest BCUT2D eigenvalue weighted by atomic mass is 79.9. The summed E-state index contributed by atoms with van der Waals surface area (Å²) in [5.41, 5.74) is 2.27. The second kappa shape index (κ2) is 7.83. The highest BCUT2D eigenvalue weighted by molar-refractivity contribution is 9.10. The van der Waals surface area contributed by atoms with Gasteiger partial charge in [-0.1, -0.05) is 58.7 Å². The molecule has 0 radical (unpaired) electrons. The molecule has 0 aliphatic heterocycles. The standard InChI is InChI=1S/C17H19BrClNO/c1-3-10-20-17(13-9-8-12(19)11-15(13)18)14-6-4-5-7-16(14)21-2/h4-9,11,17,20H,3,10H2,1-2H3. The SMILES string of the molecule is CCCNC(c1ccc(Cl)cc1Br)c1ccccc1OC. The van der Waals surface area contributed by atoms with Crippen LogP contribution in [-0.2, 0) is 0 Å². The third-order valence-electron chi connectivity index (χ3n) is 3.32. The molecule has 0 saturated carbocycles. The fourth-order valence-corrected chi connectivity index (χ4v) is 3.23. The molecule has 2 aromatic carbocycles. The van der Waals surface area contributed by atoms with Crippen molar-refractivity contribution in [3.8, 4) is 5.75 Å². The Labute approximate surface area is 139 Å². The normalized spacial score (nSPS) is 12.2. The lowest BCUT2D eigenvalue weighted by Crippen LogP contribution is -2.24. The van der Waals surface area contributed by atoms with Crippen molar-refractivity contribution in [3.05, 3.63) is 63.1 Å². The van der Waals surface area contributed by atoms with E-state index in [-0.39, 0.29) is 6.04 Å². The minimum absolute atomic E-state index is 0.0627. The Morgan fingerprint density at radius 2 is 1.95 bits per heavy atom. The van der Waals surface area contributed by atoms with E-state index < -0.39 is 0 Å². The molecule has 0 saturated heterocycles. The fourth-order valence-electron chi connectivity index (χ4n) is 2.32. The number of nitrogens with one attached hydrogen (secondary N) is 1. The van der Waals surface area contributed by atoms with Crippen LogP contribution in [0.4, 0.5) is 0 Å². The first kappa shape index (κ1) is 16.3.